The van der Waals surface area contributed by atoms with Crippen LogP contribution in [-0.2, 0) is 6.61 Å². The van der Waals surface area contributed by atoms with Crippen LogP contribution in [0.15, 0.2) is 16.7 Å². The largest absolute Gasteiger partial charge is 0.392 e. The summed E-state index contributed by atoms with van der Waals surface area (Å²) in [6.45, 7) is 4.47. The Kier molecular flexibility index (Phi) is 4.97. The minimum atomic E-state index is 0.0236. The molecule has 0 radical (unpaired) electrons. The first-order valence-electron chi connectivity index (χ1n) is 6.39. The van der Waals surface area contributed by atoms with Crippen molar-refractivity contribution in [3.05, 3.63) is 22.3 Å². The minimum absolute atomic E-state index is 0.0236. The van der Waals surface area contributed by atoms with Crippen molar-refractivity contribution in [3.8, 4) is 0 Å². The van der Waals surface area contributed by atoms with Crippen molar-refractivity contribution >= 4 is 21.7 Å². The van der Waals surface area contributed by atoms with Crippen molar-refractivity contribution in [1.29, 1.82) is 0 Å². The standard InChI is InChI=1S/C13H20BrN3O/c1-16(6-7-17-4-2-3-5-17)13-11(10-18)8-12(14)9-15-13/h8-9,18H,2-7,10H2,1H3. The predicted molar refractivity (Wildman–Crippen MR) is 76.8 cm³/mol. The number of halogens is 1. The van der Waals surface area contributed by atoms with Crippen molar-refractivity contribution < 1.29 is 5.11 Å². The number of hydrogen-bond donors (Lipinski definition) is 1. The fourth-order valence-electron chi connectivity index (χ4n) is 2.34. The molecular formula is C13H20BrN3O. The zero-order valence-corrected chi connectivity index (χ0v) is 12.4. The van der Waals surface area contributed by atoms with Gasteiger partial charge in [0.1, 0.15) is 5.82 Å². The van der Waals surface area contributed by atoms with Crippen molar-refractivity contribution in [2.75, 3.05) is 38.1 Å². The summed E-state index contributed by atoms with van der Waals surface area (Å²) < 4.78 is 0.906. The lowest BCUT2D eigenvalue weighted by Gasteiger charge is -2.24. The highest BCUT2D eigenvalue weighted by atomic mass is 79.9. The molecule has 1 aliphatic heterocycles. The van der Waals surface area contributed by atoms with Gasteiger partial charge >= 0.3 is 0 Å². The fraction of sp³-hybridized carbons (Fsp3) is 0.615. The molecule has 0 aliphatic carbocycles. The van der Waals surface area contributed by atoms with Crippen LogP contribution in [0.25, 0.3) is 0 Å². The number of aliphatic hydroxyl groups excluding tert-OH is 1. The molecule has 1 N–H and O–H groups in total. The van der Waals surface area contributed by atoms with Gasteiger partial charge in [0, 0.05) is 36.4 Å². The van der Waals surface area contributed by atoms with Crippen molar-refractivity contribution in [2.24, 2.45) is 0 Å². The molecule has 1 aliphatic rings. The quantitative estimate of drug-likeness (QED) is 0.901. The van der Waals surface area contributed by atoms with Crippen LogP contribution in [0.2, 0.25) is 0 Å². The van der Waals surface area contributed by atoms with Crippen molar-refractivity contribution in [2.45, 2.75) is 19.4 Å². The maximum absolute atomic E-state index is 9.37. The second kappa shape index (κ2) is 6.50. The monoisotopic (exact) mass is 313 g/mol. The van der Waals surface area contributed by atoms with Gasteiger partial charge in [-0.1, -0.05) is 0 Å². The van der Waals surface area contributed by atoms with Crippen LogP contribution in [-0.4, -0.2) is 48.2 Å². The number of aliphatic hydroxyl groups is 1. The van der Waals surface area contributed by atoms with Gasteiger partial charge in [0.25, 0.3) is 0 Å². The van der Waals surface area contributed by atoms with Gasteiger partial charge in [-0.3, -0.25) is 0 Å². The van der Waals surface area contributed by atoms with E-state index in [0.29, 0.717) is 0 Å². The number of hydrogen-bond acceptors (Lipinski definition) is 4. The molecule has 0 atom stereocenters. The molecule has 0 aromatic carbocycles. The van der Waals surface area contributed by atoms with Crippen molar-refractivity contribution in [3.63, 3.8) is 0 Å². The second-order valence-corrected chi connectivity index (χ2v) is 5.68. The summed E-state index contributed by atoms with van der Waals surface area (Å²) in [5, 5.41) is 9.37. The zero-order valence-electron chi connectivity index (χ0n) is 10.8. The molecule has 4 nitrogen and oxygen atoms in total. The van der Waals surface area contributed by atoms with E-state index in [4.69, 9.17) is 0 Å². The van der Waals surface area contributed by atoms with Crippen molar-refractivity contribution in [1.82, 2.24) is 9.88 Å². The van der Waals surface area contributed by atoms with Crippen LogP contribution in [0.4, 0.5) is 5.82 Å². The maximum Gasteiger partial charge on any atom is 0.133 e. The molecule has 1 aromatic heterocycles. The Morgan fingerprint density at radius 3 is 2.83 bits per heavy atom. The molecule has 2 heterocycles. The Morgan fingerprint density at radius 2 is 2.17 bits per heavy atom. The van der Waals surface area contributed by atoms with Crippen LogP contribution in [0, 0.1) is 0 Å². The number of likely N-dealkylation sites (tertiary alicyclic amines) is 1. The van der Waals surface area contributed by atoms with Gasteiger partial charge in [0.05, 0.1) is 6.61 Å². The Labute approximate surface area is 117 Å². The number of anilines is 1. The van der Waals surface area contributed by atoms with Crippen LogP contribution in [0.3, 0.4) is 0 Å². The topological polar surface area (TPSA) is 39.6 Å². The van der Waals surface area contributed by atoms with E-state index in [1.165, 1.54) is 25.9 Å². The number of nitrogens with zero attached hydrogens (tertiary/aromatic N) is 3. The van der Waals surface area contributed by atoms with E-state index in [0.717, 1.165) is 28.9 Å². The number of likely N-dealkylation sites (N-methyl/N-ethyl adjacent to an activating group) is 1. The smallest absolute Gasteiger partial charge is 0.133 e. The fourth-order valence-corrected chi connectivity index (χ4v) is 2.72. The Morgan fingerprint density at radius 1 is 1.44 bits per heavy atom. The summed E-state index contributed by atoms with van der Waals surface area (Å²) in [7, 11) is 2.03. The molecule has 1 saturated heterocycles. The highest BCUT2D eigenvalue weighted by molar-refractivity contribution is 9.10. The highest BCUT2D eigenvalue weighted by Crippen LogP contribution is 2.20. The lowest BCUT2D eigenvalue weighted by atomic mass is 10.2. The Balaban J connectivity index is 1.96. The summed E-state index contributed by atoms with van der Waals surface area (Å²) >= 11 is 3.38. The van der Waals surface area contributed by atoms with Crippen LogP contribution >= 0.6 is 15.9 Å². The van der Waals surface area contributed by atoms with Gasteiger partial charge in [-0.2, -0.15) is 0 Å². The summed E-state index contributed by atoms with van der Waals surface area (Å²) in [6, 6.07) is 1.93. The first-order chi connectivity index (χ1) is 8.70. The summed E-state index contributed by atoms with van der Waals surface area (Å²) in [5.74, 6) is 0.875. The number of rotatable bonds is 5. The zero-order chi connectivity index (χ0) is 13.0. The molecule has 1 fully saturated rings. The van der Waals surface area contributed by atoms with E-state index in [9.17, 15) is 5.11 Å². The van der Waals surface area contributed by atoms with Gasteiger partial charge in [0.2, 0.25) is 0 Å². The lowest BCUT2D eigenvalue weighted by molar-refractivity contribution is 0.281. The minimum Gasteiger partial charge on any atom is -0.392 e. The molecule has 18 heavy (non-hydrogen) atoms. The predicted octanol–water partition coefficient (Wildman–Crippen LogP) is 1.87. The summed E-state index contributed by atoms with van der Waals surface area (Å²) in [5.41, 5.74) is 0.869. The normalized spacial score (nSPS) is 16.2. The van der Waals surface area contributed by atoms with E-state index in [-0.39, 0.29) is 6.61 Å². The SMILES string of the molecule is CN(CCN1CCCC1)c1ncc(Br)cc1CO. The Hall–Kier alpha value is -0.650. The van der Waals surface area contributed by atoms with Gasteiger partial charge in [-0.25, -0.2) is 4.98 Å². The van der Waals surface area contributed by atoms with Gasteiger partial charge < -0.3 is 14.9 Å². The first-order valence-corrected chi connectivity index (χ1v) is 7.19. The molecule has 0 spiro atoms. The average Bonchev–Trinajstić information content (AvgIpc) is 2.88. The number of pyridine rings is 1. The lowest BCUT2D eigenvalue weighted by Crippen LogP contribution is -2.32. The second-order valence-electron chi connectivity index (χ2n) is 4.76. The molecule has 5 heteroatoms. The van der Waals surface area contributed by atoms with Gasteiger partial charge in [0.15, 0.2) is 0 Å². The molecule has 0 unspecified atom stereocenters. The molecule has 2 rings (SSSR count). The van der Waals surface area contributed by atoms with Gasteiger partial charge in [-0.15, -0.1) is 0 Å². The third-order valence-corrected chi connectivity index (χ3v) is 3.83. The molecule has 0 amide bonds. The van der Waals surface area contributed by atoms with E-state index >= 15 is 0 Å². The van der Waals surface area contributed by atoms with Crippen LogP contribution in [0.1, 0.15) is 18.4 Å². The molecular weight excluding hydrogens is 294 g/mol. The molecule has 0 bridgehead atoms. The Bertz CT molecular complexity index is 394. The third kappa shape index (κ3) is 3.43. The molecule has 1 aromatic rings. The number of aromatic nitrogens is 1. The molecule has 0 saturated carbocycles. The molecule has 100 valence electrons. The maximum atomic E-state index is 9.37. The van der Waals surface area contributed by atoms with Crippen LogP contribution < -0.4 is 4.90 Å². The summed E-state index contributed by atoms with van der Waals surface area (Å²) in [6.07, 6.45) is 4.42. The van der Waals surface area contributed by atoms with E-state index in [1.807, 2.05) is 13.1 Å². The van der Waals surface area contributed by atoms with E-state index in [1.54, 1.807) is 6.20 Å². The first kappa shape index (κ1) is 13.8. The average molecular weight is 314 g/mol. The highest BCUT2D eigenvalue weighted by Gasteiger charge is 2.14. The third-order valence-electron chi connectivity index (χ3n) is 3.39. The summed E-state index contributed by atoms with van der Waals surface area (Å²) in [4.78, 5) is 9.00. The van der Waals surface area contributed by atoms with Gasteiger partial charge in [-0.05, 0) is 47.9 Å². The van der Waals surface area contributed by atoms with E-state index < -0.39 is 0 Å². The van der Waals surface area contributed by atoms with E-state index in [2.05, 4.69) is 30.7 Å². The van der Waals surface area contributed by atoms with Crippen LogP contribution in [0.5, 0.6) is 0 Å².